The van der Waals surface area contributed by atoms with Crippen LogP contribution in [0.15, 0.2) is 83.6 Å². The molecule has 0 spiro atoms. The predicted molar refractivity (Wildman–Crippen MR) is 112 cm³/mol. The number of nitrogens with zero attached hydrogens (tertiary/aromatic N) is 1. The van der Waals surface area contributed by atoms with E-state index >= 15 is 0 Å². The summed E-state index contributed by atoms with van der Waals surface area (Å²) in [6.45, 7) is 2.07. The number of rotatable bonds is 3. The highest BCUT2D eigenvalue weighted by Gasteiger charge is 2.40. The van der Waals surface area contributed by atoms with E-state index in [-0.39, 0.29) is 11.9 Å². The van der Waals surface area contributed by atoms with Gasteiger partial charge in [0.05, 0.1) is 30.9 Å². The van der Waals surface area contributed by atoms with E-state index in [9.17, 15) is 4.79 Å². The highest BCUT2D eigenvalue weighted by atomic mass is 16.5. The second kappa shape index (κ2) is 6.82. The van der Waals surface area contributed by atoms with Gasteiger partial charge < -0.3 is 13.6 Å². The van der Waals surface area contributed by atoms with Gasteiger partial charge in [-0.15, -0.1) is 0 Å². The number of fused-ring (bicyclic) bond motifs is 3. The molecular weight excluding hydrogens is 362 g/mol. The number of aromatic nitrogens is 1. The molecule has 1 aromatic carbocycles. The van der Waals surface area contributed by atoms with Gasteiger partial charge in [-0.1, -0.05) is 36.4 Å². The Morgan fingerprint density at radius 2 is 1.90 bits per heavy atom. The number of aryl methyl sites for hydroxylation is 1. The van der Waals surface area contributed by atoms with Crippen molar-refractivity contribution in [2.45, 2.75) is 18.8 Å². The Morgan fingerprint density at radius 3 is 2.62 bits per heavy atom. The number of allylic oxidation sites excluding steroid dienone is 1. The van der Waals surface area contributed by atoms with Gasteiger partial charge in [0.1, 0.15) is 5.76 Å². The average molecular weight is 383 g/mol. The van der Waals surface area contributed by atoms with Gasteiger partial charge >= 0.3 is 5.97 Å². The van der Waals surface area contributed by atoms with Crippen LogP contribution in [0.25, 0.3) is 11.1 Å². The highest BCUT2D eigenvalue weighted by Crippen LogP contribution is 2.47. The molecule has 4 nitrogen and oxygen atoms in total. The molecule has 144 valence electrons. The lowest BCUT2D eigenvalue weighted by Crippen LogP contribution is -2.24. The maximum absolute atomic E-state index is 12.9. The van der Waals surface area contributed by atoms with Gasteiger partial charge in [-0.25, -0.2) is 0 Å². The minimum atomic E-state index is -0.464. The van der Waals surface area contributed by atoms with Crippen LogP contribution in [-0.4, -0.2) is 17.5 Å². The van der Waals surface area contributed by atoms with Crippen molar-refractivity contribution in [3.63, 3.8) is 0 Å². The fraction of sp³-hybridized carbons (Fsp3) is 0.160. The molecule has 0 aliphatic heterocycles. The Bertz CT molecular complexity index is 1220. The van der Waals surface area contributed by atoms with Crippen molar-refractivity contribution in [3.8, 4) is 0 Å². The largest absolute Gasteiger partial charge is 0.469 e. The lowest BCUT2D eigenvalue weighted by atomic mass is 9.76. The zero-order chi connectivity index (χ0) is 20.0. The van der Waals surface area contributed by atoms with Crippen LogP contribution in [0.1, 0.15) is 40.0 Å². The Hall–Kier alpha value is -3.53. The van der Waals surface area contributed by atoms with Crippen LogP contribution in [0, 0.1) is 6.92 Å². The lowest BCUT2D eigenvalue weighted by molar-refractivity contribution is -0.142. The van der Waals surface area contributed by atoms with Crippen molar-refractivity contribution < 1.29 is 13.9 Å². The van der Waals surface area contributed by atoms with Crippen LogP contribution in [0.3, 0.4) is 0 Å². The lowest BCUT2D eigenvalue weighted by Gasteiger charge is -2.28. The van der Waals surface area contributed by atoms with Gasteiger partial charge in [0.15, 0.2) is 0 Å². The first-order valence-electron chi connectivity index (χ1n) is 9.68. The second-order valence-corrected chi connectivity index (χ2v) is 7.44. The molecule has 3 aromatic heterocycles. The molecule has 0 radical (unpaired) electrons. The molecular formula is C25H21NO3. The molecule has 0 amide bonds. The van der Waals surface area contributed by atoms with E-state index in [0.29, 0.717) is 0 Å². The SMILES string of the molecule is COC(=O)[C@H]1c2cc3cc(C)ccn3c2C(c2ccccc2)=C[C@@H]1c1ccco1. The number of furan rings is 1. The molecule has 4 heteroatoms. The van der Waals surface area contributed by atoms with E-state index in [4.69, 9.17) is 9.15 Å². The number of pyridine rings is 1. The maximum atomic E-state index is 12.9. The predicted octanol–water partition coefficient (Wildman–Crippen LogP) is 5.33. The Labute approximate surface area is 169 Å². The summed E-state index contributed by atoms with van der Waals surface area (Å²) < 4.78 is 13.1. The molecule has 3 heterocycles. The van der Waals surface area contributed by atoms with Crippen LogP contribution in [0.5, 0.6) is 0 Å². The smallest absolute Gasteiger partial charge is 0.314 e. The first kappa shape index (κ1) is 17.6. The molecule has 0 saturated carbocycles. The summed E-state index contributed by atoms with van der Waals surface area (Å²) in [5, 5.41) is 0. The van der Waals surface area contributed by atoms with Crippen LogP contribution in [-0.2, 0) is 9.53 Å². The van der Waals surface area contributed by atoms with Crippen molar-refractivity contribution in [1.82, 2.24) is 4.40 Å². The minimum absolute atomic E-state index is 0.237. The number of hydrogen-bond acceptors (Lipinski definition) is 3. The molecule has 0 unspecified atom stereocenters. The van der Waals surface area contributed by atoms with E-state index < -0.39 is 5.92 Å². The van der Waals surface area contributed by atoms with Crippen LogP contribution < -0.4 is 0 Å². The summed E-state index contributed by atoms with van der Waals surface area (Å²) in [6, 6.07) is 20.4. The van der Waals surface area contributed by atoms with Crippen molar-refractivity contribution in [3.05, 3.63) is 107 Å². The van der Waals surface area contributed by atoms with E-state index in [1.165, 1.54) is 12.7 Å². The van der Waals surface area contributed by atoms with Gasteiger partial charge in [0.2, 0.25) is 0 Å². The molecule has 29 heavy (non-hydrogen) atoms. The first-order chi connectivity index (χ1) is 14.2. The van der Waals surface area contributed by atoms with Crippen molar-refractivity contribution in [2.24, 2.45) is 0 Å². The third-order valence-corrected chi connectivity index (χ3v) is 5.67. The second-order valence-electron chi connectivity index (χ2n) is 7.44. The first-order valence-corrected chi connectivity index (χ1v) is 9.68. The molecule has 0 N–H and O–H groups in total. The third-order valence-electron chi connectivity index (χ3n) is 5.67. The molecule has 0 saturated heterocycles. The number of methoxy groups -OCH3 is 1. The van der Waals surface area contributed by atoms with Gasteiger partial charge in [0.25, 0.3) is 0 Å². The summed E-state index contributed by atoms with van der Waals surface area (Å²) >= 11 is 0. The van der Waals surface area contributed by atoms with Crippen molar-refractivity contribution in [2.75, 3.05) is 7.11 Å². The minimum Gasteiger partial charge on any atom is -0.469 e. The fourth-order valence-corrected chi connectivity index (χ4v) is 4.36. The van der Waals surface area contributed by atoms with E-state index in [1.807, 2.05) is 30.3 Å². The Kier molecular flexibility index (Phi) is 4.13. The summed E-state index contributed by atoms with van der Waals surface area (Å²) in [5.74, 6) is -0.206. The molecule has 5 rings (SSSR count). The third kappa shape index (κ3) is 2.80. The van der Waals surface area contributed by atoms with Crippen LogP contribution in [0.4, 0.5) is 0 Å². The highest BCUT2D eigenvalue weighted by molar-refractivity contribution is 5.91. The zero-order valence-corrected chi connectivity index (χ0v) is 16.3. The summed E-state index contributed by atoms with van der Waals surface area (Å²) in [7, 11) is 1.44. The van der Waals surface area contributed by atoms with E-state index in [0.717, 1.165) is 33.7 Å². The molecule has 1 aliphatic rings. The maximum Gasteiger partial charge on any atom is 0.314 e. The Balaban J connectivity index is 1.83. The van der Waals surface area contributed by atoms with Crippen LogP contribution in [0.2, 0.25) is 0 Å². The van der Waals surface area contributed by atoms with Gasteiger partial charge in [0, 0.05) is 17.3 Å². The summed E-state index contributed by atoms with van der Waals surface area (Å²) in [5.41, 5.74) is 6.43. The average Bonchev–Trinajstić information content (AvgIpc) is 3.40. The number of esters is 1. The number of ether oxygens (including phenoxy) is 1. The normalized spacial score (nSPS) is 18.3. The van der Waals surface area contributed by atoms with Gasteiger partial charge in [-0.2, -0.15) is 0 Å². The Morgan fingerprint density at radius 1 is 1.07 bits per heavy atom. The van der Waals surface area contributed by atoms with Crippen LogP contribution >= 0.6 is 0 Å². The molecule has 2 atom stereocenters. The quantitative estimate of drug-likeness (QED) is 0.449. The topological polar surface area (TPSA) is 43.9 Å². The van der Waals surface area contributed by atoms with Crippen molar-refractivity contribution >= 4 is 17.1 Å². The number of carbonyl (C=O) groups excluding carboxylic acids is 1. The zero-order valence-electron chi connectivity index (χ0n) is 16.3. The summed E-state index contributed by atoms with van der Waals surface area (Å²) in [6.07, 6.45) is 5.86. The van der Waals surface area contributed by atoms with E-state index in [2.05, 4.69) is 53.9 Å². The van der Waals surface area contributed by atoms with Gasteiger partial charge in [-0.05, 0) is 53.9 Å². The standard InChI is InChI=1S/C25H21NO3/c1-16-10-11-26-18(13-16)14-21-23(25(27)28-2)20(22-9-6-12-29-22)15-19(24(21)26)17-7-4-3-5-8-17/h3-15,20,23H,1-2H3/t20-,23-/m1/s1. The monoisotopic (exact) mass is 383 g/mol. The number of hydrogen-bond donors (Lipinski definition) is 0. The number of carbonyl (C=O) groups is 1. The molecule has 0 fully saturated rings. The fourth-order valence-electron chi connectivity index (χ4n) is 4.36. The molecule has 4 aromatic rings. The van der Waals surface area contributed by atoms with Crippen molar-refractivity contribution in [1.29, 1.82) is 0 Å². The van der Waals surface area contributed by atoms with E-state index in [1.54, 1.807) is 6.26 Å². The summed E-state index contributed by atoms with van der Waals surface area (Å²) in [4.78, 5) is 12.9. The molecule has 0 bridgehead atoms. The van der Waals surface area contributed by atoms with Gasteiger partial charge in [-0.3, -0.25) is 4.79 Å². The molecule has 1 aliphatic carbocycles. The number of benzene rings is 1.